The molecule has 0 heterocycles. The summed E-state index contributed by atoms with van der Waals surface area (Å²) in [4.78, 5) is 38.1. The van der Waals surface area contributed by atoms with Gasteiger partial charge in [-0.1, -0.05) is 207 Å². The normalized spacial score (nSPS) is 12.9. The first kappa shape index (κ1) is 65.1. The second-order valence-electron chi connectivity index (χ2n) is 18.5. The van der Waals surface area contributed by atoms with Gasteiger partial charge in [0.15, 0.2) is 6.10 Å². The number of hydrogen-bond acceptors (Lipinski definition) is 6. The van der Waals surface area contributed by atoms with Gasteiger partial charge in [-0.2, -0.15) is 0 Å². The van der Waals surface area contributed by atoms with Gasteiger partial charge in [0, 0.05) is 19.3 Å². The van der Waals surface area contributed by atoms with Gasteiger partial charge in [-0.15, -0.1) is 0 Å². The number of rotatable bonds is 50. The fraction of sp³-hybridized carbons (Fsp3) is 0.667. The summed E-state index contributed by atoms with van der Waals surface area (Å²) >= 11 is 0. The van der Waals surface area contributed by atoms with Crippen molar-refractivity contribution in [2.75, 3.05) is 13.2 Å². The van der Waals surface area contributed by atoms with Crippen molar-refractivity contribution in [3.8, 4) is 0 Å². The molecule has 0 spiro atoms. The van der Waals surface area contributed by atoms with E-state index < -0.39 is 6.10 Å². The molecule has 0 aromatic heterocycles. The maximum atomic E-state index is 12.8. The molecule has 0 unspecified atom stereocenters. The monoisotopic (exact) mass is 957 g/mol. The Balaban J connectivity index is 4.53. The highest BCUT2D eigenvalue weighted by Crippen LogP contribution is 2.13. The topological polar surface area (TPSA) is 78.9 Å². The van der Waals surface area contributed by atoms with Crippen molar-refractivity contribution in [1.29, 1.82) is 0 Å². The molecule has 0 aliphatic heterocycles. The van der Waals surface area contributed by atoms with Gasteiger partial charge in [0.05, 0.1) is 0 Å². The van der Waals surface area contributed by atoms with Crippen LogP contribution in [0.15, 0.2) is 109 Å². The van der Waals surface area contributed by atoms with E-state index in [0.29, 0.717) is 12.8 Å². The highest BCUT2D eigenvalue weighted by Gasteiger charge is 2.19. The van der Waals surface area contributed by atoms with Crippen molar-refractivity contribution in [1.82, 2.24) is 0 Å². The third-order valence-corrected chi connectivity index (χ3v) is 11.7. The standard InChI is InChI=1S/C63H104O6/c1-4-7-10-13-16-19-22-25-28-30-31-33-35-38-41-44-47-50-53-56-62(65)68-59-60(58-67-61(64)55-52-49-46-43-40-37-34-27-24-21-18-15-12-9-6-3)69-63(66)57-54-51-48-45-42-39-36-32-29-26-23-20-17-14-11-8-5-2/h16-21,25-29,31,33-34,36,38-39,41,60H,4-15,22-24,30,32,35,37,40,42-59H2,1-3H3/b19-16-,20-17-,21-18-,28-25-,29-26-,33-31-,34-27-,39-36-,41-38-/t60-/m1/s1. The van der Waals surface area contributed by atoms with Gasteiger partial charge in [-0.25, -0.2) is 0 Å². The average molecular weight is 958 g/mol. The molecular formula is C63H104O6. The number of hydrogen-bond donors (Lipinski definition) is 0. The van der Waals surface area contributed by atoms with Crippen molar-refractivity contribution in [3.63, 3.8) is 0 Å². The molecule has 0 bridgehead atoms. The number of carbonyl (C=O) groups excluding carboxylic acids is 3. The predicted octanol–water partition coefficient (Wildman–Crippen LogP) is 19.1. The van der Waals surface area contributed by atoms with Gasteiger partial charge >= 0.3 is 17.9 Å². The van der Waals surface area contributed by atoms with E-state index in [1.165, 1.54) is 77.0 Å². The largest absolute Gasteiger partial charge is 0.462 e. The zero-order valence-corrected chi connectivity index (χ0v) is 44.8. The Hall–Kier alpha value is -3.93. The molecular weight excluding hydrogens is 853 g/mol. The third-order valence-electron chi connectivity index (χ3n) is 11.7. The minimum atomic E-state index is -0.812. The summed E-state index contributed by atoms with van der Waals surface area (Å²) in [5.41, 5.74) is 0. The van der Waals surface area contributed by atoms with Crippen molar-refractivity contribution in [3.05, 3.63) is 109 Å². The van der Waals surface area contributed by atoms with Crippen LogP contribution >= 0.6 is 0 Å². The fourth-order valence-electron chi connectivity index (χ4n) is 7.40. The molecule has 6 heteroatoms. The molecule has 0 saturated heterocycles. The lowest BCUT2D eigenvalue weighted by molar-refractivity contribution is -0.167. The van der Waals surface area contributed by atoms with Crippen LogP contribution < -0.4 is 0 Å². The van der Waals surface area contributed by atoms with Crippen LogP contribution in [0, 0.1) is 0 Å². The van der Waals surface area contributed by atoms with Crippen molar-refractivity contribution in [2.24, 2.45) is 0 Å². The van der Waals surface area contributed by atoms with E-state index in [0.717, 1.165) is 135 Å². The number of esters is 3. The van der Waals surface area contributed by atoms with E-state index in [9.17, 15) is 14.4 Å². The number of unbranched alkanes of at least 4 members (excludes halogenated alkanes) is 21. The molecule has 6 nitrogen and oxygen atoms in total. The summed E-state index contributed by atoms with van der Waals surface area (Å²) in [6.07, 6.45) is 76.4. The molecule has 0 radical (unpaired) electrons. The molecule has 0 fully saturated rings. The first-order chi connectivity index (χ1) is 34.0. The van der Waals surface area contributed by atoms with Gasteiger partial charge in [0.2, 0.25) is 0 Å². The van der Waals surface area contributed by atoms with E-state index in [1.54, 1.807) is 0 Å². The lowest BCUT2D eigenvalue weighted by Gasteiger charge is -2.18. The third kappa shape index (κ3) is 54.9. The minimum absolute atomic E-state index is 0.107. The van der Waals surface area contributed by atoms with Gasteiger partial charge in [0.1, 0.15) is 13.2 Å². The van der Waals surface area contributed by atoms with Crippen LogP contribution in [0.5, 0.6) is 0 Å². The van der Waals surface area contributed by atoms with E-state index in [1.807, 2.05) is 0 Å². The average Bonchev–Trinajstić information content (AvgIpc) is 3.35. The second-order valence-corrected chi connectivity index (χ2v) is 18.5. The Bertz CT molecular complexity index is 1420. The van der Waals surface area contributed by atoms with Gasteiger partial charge in [-0.05, 0) is 135 Å². The molecule has 0 saturated carbocycles. The molecule has 0 aliphatic rings. The van der Waals surface area contributed by atoms with Crippen LogP contribution in [0.25, 0.3) is 0 Å². The zero-order valence-electron chi connectivity index (χ0n) is 44.8. The SMILES string of the molecule is CCCCC/C=C\C/C=C\C/C=C\C/C=C\CCCCCC(=O)OC[C@@H](COC(=O)CCCCCCC/C=C\C/C=C\CCCCC)OC(=O)CCCCCC/C=C\C/C=C\C/C=C\CCCCC. The van der Waals surface area contributed by atoms with Crippen LogP contribution in [0.1, 0.15) is 252 Å². The van der Waals surface area contributed by atoms with Crippen molar-refractivity contribution in [2.45, 2.75) is 258 Å². The molecule has 0 N–H and O–H groups in total. The van der Waals surface area contributed by atoms with Gasteiger partial charge in [-0.3, -0.25) is 14.4 Å². The summed E-state index contributed by atoms with van der Waals surface area (Å²) in [6, 6.07) is 0. The number of carbonyl (C=O) groups is 3. The summed E-state index contributed by atoms with van der Waals surface area (Å²) in [7, 11) is 0. The second kappa shape index (κ2) is 56.7. The first-order valence-electron chi connectivity index (χ1n) is 28.4. The molecule has 69 heavy (non-hydrogen) atoms. The van der Waals surface area contributed by atoms with E-state index in [4.69, 9.17) is 14.2 Å². The molecule has 0 aromatic carbocycles. The Kier molecular flexibility index (Phi) is 53.4. The van der Waals surface area contributed by atoms with Crippen molar-refractivity contribution >= 4 is 17.9 Å². The van der Waals surface area contributed by atoms with Crippen molar-refractivity contribution < 1.29 is 28.6 Å². The Morgan fingerprint density at radius 3 is 0.826 bits per heavy atom. The summed E-state index contributed by atoms with van der Waals surface area (Å²) in [5.74, 6) is -0.974. The summed E-state index contributed by atoms with van der Waals surface area (Å²) < 4.78 is 16.8. The van der Waals surface area contributed by atoms with Crippen LogP contribution in [0.3, 0.4) is 0 Å². The summed E-state index contributed by atoms with van der Waals surface area (Å²) in [6.45, 7) is 6.50. The Labute approximate surface area is 425 Å². The molecule has 392 valence electrons. The lowest BCUT2D eigenvalue weighted by Crippen LogP contribution is -2.30. The lowest BCUT2D eigenvalue weighted by atomic mass is 10.1. The number of ether oxygens (including phenoxy) is 3. The minimum Gasteiger partial charge on any atom is -0.462 e. The molecule has 0 aromatic rings. The molecule has 0 amide bonds. The smallest absolute Gasteiger partial charge is 0.306 e. The fourth-order valence-corrected chi connectivity index (χ4v) is 7.40. The van der Waals surface area contributed by atoms with Crippen LogP contribution in [0.2, 0.25) is 0 Å². The maximum Gasteiger partial charge on any atom is 0.306 e. The van der Waals surface area contributed by atoms with Crippen LogP contribution in [-0.4, -0.2) is 37.2 Å². The molecule has 0 rings (SSSR count). The van der Waals surface area contributed by atoms with Gasteiger partial charge < -0.3 is 14.2 Å². The highest BCUT2D eigenvalue weighted by atomic mass is 16.6. The summed E-state index contributed by atoms with van der Waals surface area (Å²) in [5, 5.41) is 0. The predicted molar refractivity (Wildman–Crippen MR) is 297 cm³/mol. The molecule has 0 aliphatic carbocycles. The zero-order chi connectivity index (χ0) is 50.0. The maximum absolute atomic E-state index is 12.8. The van der Waals surface area contributed by atoms with E-state index >= 15 is 0 Å². The first-order valence-corrected chi connectivity index (χ1v) is 28.4. The number of allylic oxidation sites excluding steroid dienone is 18. The Morgan fingerprint density at radius 2 is 0.522 bits per heavy atom. The highest BCUT2D eigenvalue weighted by molar-refractivity contribution is 5.71. The van der Waals surface area contributed by atoms with E-state index in [2.05, 4.69) is 130 Å². The van der Waals surface area contributed by atoms with Crippen LogP contribution in [0.4, 0.5) is 0 Å². The quantitative estimate of drug-likeness (QED) is 0.0262. The van der Waals surface area contributed by atoms with E-state index in [-0.39, 0.29) is 37.5 Å². The Morgan fingerprint density at radius 1 is 0.290 bits per heavy atom. The molecule has 1 atom stereocenters. The van der Waals surface area contributed by atoms with Gasteiger partial charge in [0.25, 0.3) is 0 Å². The van der Waals surface area contributed by atoms with Crippen LogP contribution in [-0.2, 0) is 28.6 Å².